The molecule has 3 saturated heterocycles. The largest absolute Gasteiger partial charge is 0.508 e. The first-order chi connectivity index (χ1) is 63.9. The second-order valence-electron chi connectivity index (χ2n) is 33.7. The maximum Gasteiger partial charge on any atom is 0.303 e. The molecule has 0 spiro atoms. The van der Waals surface area contributed by atoms with Crippen molar-refractivity contribution in [2.45, 2.75) is 227 Å². The number of carbonyl (C=O) groups is 18. The Balaban J connectivity index is 1.10. The van der Waals surface area contributed by atoms with Crippen LogP contribution in [0.4, 0.5) is 4.39 Å². The summed E-state index contributed by atoms with van der Waals surface area (Å²) in [5, 5.41) is 47.5. The van der Waals surface area contributed by atoms with Crippen molar-refractivity contribution in [1.82, 2.24) is 97.6 Å². The van der Waals surface area contributed by atoms with E-state index in [0.717, 1.165) is 36.3 Å². The van der Waals surface area contributed by atoms with E-state index >= 15 is 42.7 Å². The van der Waals surface area contributed by atoms with E-state index in [-0.39, 0.29) is 88.9 Å². The summed E-state index contributed by atoms with van der Waals surface area (Å²) >= 11 is 0.759. The number of carboxylic acid groups (broad SMARTS) is 1. The van der Waals surface area contributed by atoms with Crippen molar-refractivity contribution in [3.63, 3.8) is 0 Å². The van der Waals surface area contributed by atoms with Gasteiger partial charge in [0, 0.05) is 112 Å². The molecule has 43 nitrogen and oxygen atoms in total. The number of amides is 17. The number of halogens is 1. The summed E-state index contributed by atoms with van der Waals surface area (Å²) in [5.41, 5.74) is 26.2. The molecule has 6 heterocycles. The number of imidazole rings is 1. The van der Waals surface area contributed by atoms with E-state index in [4.69, 9.17) is 22.9 Å². The lowest BCUT2D eigenvalue weighted by Gasteiger charge is -2.36. The third kappa shape index (κ3) is 28.5. The molecule has 0 bridgehead atoms. The van der Waals surface area contributed by atoms with E-state index in [0.29, 0.717) is 64.2 Å². The number of primary amides is 2. The number of nitrogens with two attached hydrogens (primary N) is 4. The quantitative estimate of drug-likeness (QED) is 0.0263. The van der Waals surface area contributed by atoms with E-state index in [9.17, 15) is 58.2 Å². The summed E-state index contributed by atoms with van der Waals surface area (Å²) < 4.78 is 16.3. The van der Waals surface area contributed by atoms with Crippen LogP contribution in [0.1, 0.15) is 133 Å². The van der Waals surface area contributed by atoms with Gasteiger partial charge in [-0.3, -0.25) is 86.3 Å². The Morgan fingerprint density at radius 2 is 1.04 bits per heavy atom. The number of aromatic nitrogens is 4. The Morgan fingerprint density at radius 3 is 1.63 bits per heavy atom. The third-order valence-corrected chi connectivity index (χ3v) is 25.0. The van der Waals surface area contributed by atoms with Crippen LogP contribution in [-0.2, 0) is 112 Å². The van der Waals surface area contributed by atoms with Crippen LogP contribution in [0.15, 0.2) is 97.7 Å². The first-order valence-electron chi connectivity index (χ1n) is 44.6. The van der Waals surface area contributed by atoms with Gasteiger partial charge in [0.05, 0.1) is 37.3 Å². The predicted octanol–water partition coefficient (Wildman–Crippen LogP) is -2.69. The molecule has 3 aliphatic rings. The van der Waals surface area contributed by atoms with Gasteiger partial charge in [0.1, 0.15) is 96.5 Å². The number of nitrogens with one attached hydrogen (secondary N) is 13. The molecule has 3 fully saturated rings. The Hall–Kier alpha value is -13.6. The van der Waals surface area contributed by atoms with Crippen LogP contribution in [-0.4, -0.2) is 317 Å². The number of aromatic hydroxyl groups is 1. The summed E-state index contributed by atoms with van der Waals surface area (Å²) in [6.45, 7) is 2.71. The highest BCUT2D eigenvalue weighted by atomic mass is 32.2. The SMILES string of the molecule is CCCC[C@H]1C(=O)N(C)[C@@H](CCCC)C(=O)N[C@@H](CCN)C(=O)N[C@H](C(=O)NCC(N)=O)CSCC(=O)N[C@@H](Cc2ccc(O)cc2)C(=O)N(C)[C@@H](C)C(=O)N[C@@H](CC(N)=O)C(=O)N2CCC[C@H]2C(=O)N[C@@H](Cc2c[nH]cn2)C(=O)N[C@@H](CCC(=O)O)C(=O)N2C[C@H](F)C[C@H]2C(=O)N[C@@H](Cc2c[nH]c3ccccc23)C(=O)N[C@@H](CCN)C(=O)N[C@@H](Cc2c[nH]c3ccccc23)C(=O)N1C. The fourth-order valence-corrected chi connectivity index (χ4v) is 17.3. The average Bonchev–Trinajstić information content (AvgIpc) is 1.13. The zero-order chi connectivity index (χ0) is 97.7. The van der Waals surface area contributed by atoms with E-state index in [1.54, 1.807) is 60.9 Å². The number of hydrogen-bond donors (Lipinski definition) is 19. The Morgan fingerprint density at radius 1 is 0.530 bits per heavy atom. The second kappa shape index (κ2) is 49.8. The van der Waals surface area contributed by atoms with Crippen molar-refractivity contribution in [1.29, 1.82) is 0 Å². The summed E-state index contributed by atoms with van der Waals surface area (Å²) in [6.07, 6.45) is 0.606. The van der Waals surface area contributed by atoms with Gasteiger partial charge < -0.3 is 126 Å². The molecule has 3 aromatic heterocycles. The van der Waals surface area contributed by atoms with Crippen LogP contribution in [0, 0.1) is 0 Å². The van der Waals surface area contributed by atoms with Gasteiger partial charge in [-0.25, -0.2) is 9.37 Å². The zero-order valence-corrected chi connectivity index (χ0v) is 76.4. The molecule has 0 unspecified atom stereocenters. The normalized spacial score (nSPS) is 24.8. The Kier molecular flexibility index (Phi) is 38.7. The minimum Gasteiger partial charge on any atom is -0.508 e. The van der Waals surface area contributed by atoms with Gasteiger partial charge in [-0.2, -0.15) is 0 Å². The standard InChI is InChI=1S/C89H122FN23O20S/c1-7-9-20-68-82(126)102-60(30-32-92)79(123)108-67(77(121)98-43-73(94)116)45-134-46-74(117)100-64(34-49-23-25-54(114)26-24-49)85(129)109(4)48(3)76(120)106-66(39-72(93)115)88(132)112-33-15-22-69(112)83(127)105-63(38-53-42-95-47-99-53)81(125)103-61(27-28-75(118)119)87(131)113-44-52(90)37-71(113)84(128)104-62(35-50-40-96-57-18-13-11-16-55(50)57)80(124)101-59(29-31-91)78(122)107-65(36-51-41-97-58-19-14-12-17-56(51)58)86(130)111(6)70(21-10-8-2)89(133)110(68)5/h11-14,16-19,23-26,40-42,47-48,52,59-71,96-97,114H,7-10,15,20-22,27-39,43-46,91-92H2,1-6H3,(H2,93,115)(H2,94,116)(H,95,99)(H,98,121)(H,100,117)(H,101,124)(H,102,126)(H,103,125)(H,104,128)(H,105,127)(H,106,120)(H,107,122)(H,108,123)(H,118,119)/t48-,52+,59-,60-,61-,62-,63-,64-,65-,66-,67-,68-,69-,70-,71-/m0/s1. The van der Waals surface area contributed by atoms with Crippen molar-refractivity contribution in [2.24, 2.45) is 22.9 Å². The number of H-pyrrole nitrogens is 3. The molecular formula is C89H122FN23O20S. The van der Waals surface area contributed by atoms with Gasteiger partial charge in [-0.05, 0) is 106 Å². The number of rotatable bonds is 26. The number of unbranched alkanes of at least 4 members (excludes halogenated alkanes) is 2. The van der Waals surface area contributed by atoms with Crippen LogP contribution in [0.2, 0.25) is 0 Å². The highest BCUT2D eigenvalue weighted by molar-refractivity contribution is 8.00. The summed E-state index contributed by atoms with van der Waals surface area (Å²) in [6, 6.07) is -2.99. The van der Waals surface area contributed by atoms with E-state index < -0.39 is 254 Å². The molecular weight excluding hydrogens is 1760 g/mol. The minimum atomic E-state index is -1.95. The topological polar surface area (TPSA) is 649 Å². The molecule has 9 rings (SSSR count). The van der Waals surface area contributed by atoms with Crippen LogP contribution >= 0.6 is 11.8 Å². The smallest absolute Gasteiger partial charge is 0.303 e. The van der Waals surface area contributed by atoms with Crippen LogP contribution in [0.3, 0.4) is 0 Å². The summed E-state index contributed by atoms with van der Waals surface area (Å²) in [5.74, 6) is -19.4. The molecule has 0 aliphatic carbocycles. The zero-order valence-electron chi connectivity index (χ0n) is 75.6. The number of phenols is 1. The van der Waals surface area contributed by atoms with Crippen molar-refractivity contribution < 1.29 is 101 Å². The molecule has 15 atom stereocenters. The van der Waals surface area contributed by atoms with Gasteiger partial charge in [-0.1, -0.05) is 88.1 Å². The molecule has 0 saturated carbocycles. The number of alkyl halides is 1. The van der Waals surface area contributed by atoms with Gasteiger partial charge in [0.25, 0.3) is 0 Å². The Bertz CT molecular complexity index is 5190. The number of thioether (sulfide) groups is 1. The molecule has 0 radical (unpaired) electrons. The van der Waals surface area contributed by atoms with Crippen molar-refractivity contribution in [2.75, 3.05) is 65.4 Å². The lowest BCUT2D eigenvalue weighted by Crippen LogP contribution is -2.61. The molecule has 17 amide bonds. The van der Waals surface area contributed by atoms with Crippen molar-refractivity contribution >= 4 is 140 Å². The fraction of sp³-hybridized carbons (Fsp3) is 0.517. The fourth-order valence-electron chi connectivity index (χ4n) is 16.5. The third-order valence-electron chi connectivity index (χ3n) is 24.0. The number of para-hydroxylation sites is 2. The number of phenolic OH excluding ortho intramolecular Hbond substituents is 1. The molecule has 3 aromatic carbocycles. The number of aromatic amines is 3. The van der Waals surface area contributed by atoms with E-state index in [1.165, 1.54) is 64.9 Å². The van der Waals surface area contributed by atoms with E-state index in [1.807, 2.05) is 13.8 Å². The number of carbonyl (C=O) groups excluding carboxylic acids is 17. The lowest BCUT2D eigenvalue weighted by molar-refractivity contribution is -0.149. The van der Waals surface area contributed by atoms with Crippen LogP contribution in [0.25, 0.3) is 21.8 Å². The Labute approximate surface area is 776 Å². The predicted molar refractivity (Wildman–Crippen MR) is 487 cm³/mol. The number of benzene rings is 3. The monoisotopic (exact) mass is 1880 g/mol. The molecule has 3 aliphatic heterocycles. The molecule has 726 valence electrons. The highest BCUT2D eigenvalue weighted by Crippen LogP contribution is 2.29. The summed E-state index contributed by atoms with van der Waals surface area (Å²) in [7, 11) is 3.89. The maximum absolute atomic E-state index is 16.3. The van der Waals surface area contributed by atoms with E-state index in [2.05, 4.69) is 73.1 Å². The maximum atomic E-state index is 16.3. The molecule has 23 N–H and O–H groups in total. The molecule has 45 heteroatoms. The van der Waals surface area contributed by atoms with Gasteiger partial charge in [0.15, 0.2) is 0 Å². The second-order valence-corrected chi connectivity index (χ2v) is 34.7. The van der Waals surface area contributed by atoms with Gasteiger partial charge in [-0.15, -0.1) is 11.8 Å². The number of carboxylic acids is 1. The first-order valence-corrected chi connectivity index (χ1v) is 45.8. The number of likely N-dealkylation sites (N-methyl/N-ethyl adjacent to an activating group) is 3. The van der Waals surface area contributed by atoms with Crippen molar-refractivity contribution in [3.05, 3.63) is 120 Å². The average molecular weight is 1890 g/mol. The number of fused-ring (bicyclic) bond motifs is 4. The summed E-state index contributed by atoms with van der Waals surface area (Å²) in [4.78, 5) is 280. The van der Waals surface area contributed by atoms with Crippen LogP contribution < -0.4 is 76.1 Å². The van der Waals surface area contributed by atoms with Gasteiger partial charge >= 0.3 is 5.97 Å². The lowest BCUT2D eigenvalue weighted by atomic mass is 9.99. The molecule has 6 aromatic rings. The number of hydrogen-bond acceptors (Lipinski definition) is 23. The van der Waals surface area contributed by atoms with Crippen LogP contribution in [0.5, 0.6) is 5.75 Å². The van der Waals surface area contributed by atoms with Gasteiger partial charge in [0.2, 0.25) is 100 Å². The highest BCUT2D eigenvalue weighted by Gasteiger charge is 2.47. The molecule has 134 heavy (non-hydrogen) atoms. The minimum absolute atomic E-state index is 0.00102. The van der Waals surface area contributed by atoms with Crippen molar-refractivity contribution in [3.8, 4) is 5.75 Å². The first kappa shape index (κ1) is 104. The number of aliphatic carboxylic acids is 1. The number of nitrogens with zero attached hydrogens (tertiary/aromatic N) is 6.